The number of hydrogen-bond donors (Lipinski definition) is 0. The van der Waals surface area contributed by atoms with Crippen LogP contribution in [-0.4, -0.2) is 38.0 Å². The highest BCUT2D eigenvalue weighted by atomic mass is 79.9. The van der Waals surface area contributed by atoms with Crippen molar-refractivity contribution in [3.05, 3.63) is 21.2 Å². The maximum absolute atomic E-state index is 11.3. The molecular formula is C9H10Br2N2O2S. The number of pyridine rings is 1. The van der Waals surface area contributed by atoms with E-state index < -0.39 is 9.84 Å². The molecule has 4 nitrogen and oxygen atoms in total. The number of rotatable bonds is 1. The third-order valence-electron chi connectivity index (χ3n) is 2.43. The van der Waals surface area contributed by atoms with Crippen LogP contribution in [0.25, 0.3) is 0 Å². The van der Waals surface area contributed by atoms with Gasteiger partial charge in [-0.25, -0.2) is 13.4 Å². The molecule has 1 saturated heterocycles. The van der Waals surface area contributed by atoms with Crippen molar-refractivity contribution in [2.45, 2.75) is 0 Å². The van der Waals surface area contributed by atoms with Crippen LogP contribution in [0, 0.1) is 0 Å². The van der Waals surface area contributed by atoms with Crippen molar-refractivity contribution in [2.24, 2.45) is 0 Å². The molecule has 2 heterocycles. The fraction of sp³-hybridized carbons (Fsp3) is 0.444. The van der Waals surface area contributed by atoms with Gasteiger partial charge in [0.15, 0.2) is 9.84 Å². The Morgan fingerprint density at radius 3 is 2.44 bits per heavy atom. The van der Waals surface area contributed by atoms with Crippen molar-refractivity contribution in [3.8, 4) is 0 Å². The molecule has 0 spiro atoms. The average molecular weight is 370 g/mol. The standard InChI is InChI=1S/C9H10Br2N2O2S/c10-7-5-8(11)9(12-6-7)13-1-3-16(14,15)4-2-13/h5-6H,1-4H2. The van der Waals surface area contributed by atoms with E-state index >= 15 is 0 Å². The molecule has 1 fully saturated rings. The van der Waals surface area contributed by atoms with Gasteiger partial charge in [-0.05, 0) is 37.9 Å². The number of halogens is 2. The topological polar surface area (TPSA) is 50.3 Å². The lowest BCUT2D eigenvalue weighted by Crippen LogP contribution is -2.40. The first-order valence-electron chi connectivity index (χ1n) is 4.74. The van der Waals surface area contributed by atoms with Crippen molar-refractivity contribution in [1.82, 2.24) is 4.98 Å². The Morgan fingerprint density at radius 1 is 1.25 bits per heavy atom. The summed E-state index contributed by atoms with van der Waals surface area (Å²) < 4.78 is 24.4. The fourth-order valence-electron chi connectivity index (χ4n) is 1.56. The summed E-state index contributed by atoms with van der Waals surface area (Å²) in [6, 6.07) is 1.91. The van der Waals surface area contributed by atoms with Gasteiger partial charge >= 0.3 is 0 Å². The van der Waals surface area contributed by atoms with Crippen molar-refractivity contribution in [1.29, 1.82) is 0 Å². The Bertz CT molecular complexity index is 490. The molecule has 1 aromatic heterocycles. The predicted molar refractivity (Wildman–Crippen MR) is 70.5 cm³/mol. The zero-order chi connectivity index (χ0) is 11.8. The van der Waals surface area contributed by atoms with E-state index in [4.69, 9.17) is 0 Å². The number of anilines is 1. The Hall–Kier alpha value is -0.140. The van der Waals surface area contributed by atoms with Crippen LogP contribution in [0.3, 0.4) is 0 Å². The lowest BCUT2D eigenvalue weighted by Gasteiger charge is -2.28. The molecule has 16 heavy (non-hydrogen) atoms. The Labute approximate surface area is 111 Å². The van der Waals surface area contributed by atoms with Crippen molar-refractivity contribution >= 4 is 47.5 Å². The minimum Gasteiger partial charge on any atom is -0.354 e. The lowest BCUT2D eigenvalue weighted by atomic mass is 10.4. The number of nitrogens with zero attached hydrogens (tertiary/aromatic N) is 2. The largest absolute Gasteiger partial charge is 0.354 e. The maximum Gasteiger partial charge on any atom is 0.153 e. The molecule has 0 aliphatic carbocycles. The van der Waals surface area contributed by atoms with Crippen molar-refractivity contribution in [2.75, 3.05) is 29.5 Å². The number of aromatic nitrogens is 1. The molecule has 1 aliphatic rings. The molecule has 0 atom stereocenters. The molecule has 7 heteroatoms. The fourth-order valence-corrected chi connectivity index (χ4v) is 4.00. The van der Waals surface area contributed by atoms with Crippen LogP contribution < -0.4 is 4.90 Å². The molecule has 0 bridgehead atoms. The highest BCUT2D eigenvalue weighted by molar-refractivity contribution is 9.11. The molecule has 0 aromatic carbocycles. The highest BCUT2D eigenvalue weighted by Gasteiger charge is 2.23. The van der Waals surface area contributed by atoms with Gasteiger partial charge in [-0.3, -0.25) is 0 Å². The van der Waals surface area contributed by atoms with Crippen LogP contribution in [0.1, 0.15) is 0 Å². The summed E-state index contributed by atoms with van der Waals surface area (Å²) >= 11 is 6.76. The summed E-state index contributed by atoms with van der Waals surface area (Å²) in [4.78, 5) is 6.27. The van der Waals surface area contributed by atoms with Gasteiger partial charge in [0.05, 0.1) is 16.0 Å². The van der Waals surface area contributed by atoms with E-state index in [1.54, 1.807) is 6.20 Å². The molecule has 0 unspecified atom stereocenters. The second-order valence-corrected chi connectivity index (χ2v) is 7.67. The second kappa shape index (κ2) is 4.62. The van der Waals surface area contributed by atoms with E-state index in [1.165, 1.54) is 0 Å². The van der Waals surface area contributed by atoms with Gasteiger partial charge in [-0.15, -0.1) is 0 Å². The Balaban J connectivity index is 2.20. The second-order valence-electron chi connectivity index (χ2n) is 3.60. The van der Waals surface area contributed by atoms with Crippen LogP contribution in [-0.2, 0) is 9.84 Å². The smallest absolute Gasteiger partial charge is 0.153 e. The summed E-state index contributed by atoms with van der Waals surface area (Å²) in [6.45, 7) is 1.02. The van der Waals surface area contributed by atoms with E-state index in [0.717, 1.165) is 14.8 Å². The molecule has 0 saturated carbocycles. The molecule has 2 rings (SSSR count). The van der Waals surface area contributed by atoms with Crippen LogP contribution in [0.2, 0.25) is 0 Å². The maximum atomic E-state index is 11.3. The predicted octanol–water partition coefficient (Wildman–Crippen LogP) is 1.84. The van der Waals surface area contributed by atoms with Crippen molar-refractivity contribution < 1.29 is 8.42 Å². The highest BCUT2D eigenvalue weighted by Crippen LogP contribution is 2.27. The van der Waals surface area contributed by atoms with E-state index in [-0.39, 0.29) is 11.5 Å². The van der Waals surface area contributed by atoms with Gasteiger partial charge in [0.1, 0.15) is 5.82 Å². The van der Waals surface area contributed by atoms with E-state index in [0.29, 0.717) is 13.1 Å². The molecule has 0 radical (unpaired) electrons. The third kappa shape index (κ3) is 2.75. The molecule has 0 amide bonds. The summed E-state index contributed by atoms with van der Waals surface area (Å²) in [5.41, 5.74) is 0. The van der Waals surface area contributed by atoms with Crippen LogP contribution in [0.4, 0.5) is 5.82 Å². The molecule has 0 N–H and O–H groups in total. The van der Waals surface area contributed by atoms with Gasteiger partial charge in [-0.2, -0.15) is 0 Å². The first-order valence-corrected chi connectivity index (χ1v) is 8.15. The SMILES string of the molecule is O=S1(=O)CCN(c2ncc(Br)cc2Br)CC1. The minimum absolute atomic E-state index is 0.206. The van der Waals surface area contributed by atoms with Crippen molar-refractivity contribution in [3.63, 3.8) is 0 Å². The molecular weight excluding hydrogens is 360 g/mol. The first kappa shape index (κ1) is 12.3. The minimum atomic E-state index is -2.84. The normalized spacial score (nSPS) is 19.8. The zero-order valence-electron chi connectivity index (χ0n) is 8.36. The van der Waals surface area contributed by atoms with E-state index in [2.05, 4.69) is 36.8 Å². The summed E-state index contributed by atoms with van der Waals surface area (Å²) in [5, 5.41) is 0. The number of hydrogen-bond acceptors (Lipinski definition) is 4. The molecule has 1 aromatic rings. The third-order valence-corrected chi connectivity index (χ3v) is 5.06. The quantitative estimate of drug-likeness (QED) is 0.757. The van der Waals surface area contributed by atoms with E-state index in [1.807, 2.05) is 11.0 Å². The Morgan fingerprint density at radius 2 is 1.88 bits per heavy atom. The van der Waals surface area contributed by atoms with Gasteiger partial charge in [0.25, 0.3) is 0 Å². The van der Waals surface area contributed by atoms with Gasteiger partial charge in [0.2, 0.25) is 0 Å². The summed E-state index contributed by atoms with van der Waals surface area (Å²) in [5.74, 6) is 1.21. The van der Waals surface area contributed by atoms with Gasteiger partial charge in [-0.1, -0.05) is 0 Å². The van der Waals surface area contributed by atoms with Crippen LogP contribution in [0.15, 0.2) is 21.2 Å². The molecule has 88 valence electrons. The van der Waals surface area contributed by atoms with Gasteiger partial charge < -0.3 is 4.90 Å². The van der Waals surface area contributed by atoms with E-state index in [9.17, 15) is 8.42 Å². The van der Waals surface area contributed by atoms with Gasteiger partial charge in [0, 0.05) is 23.8 Å². The average Bonchev–Trinajstić information content (AvgIpc) is 2.19. The van der Waals surface area contributed by atoms with Crippen LogP contribution in [0.5, 0.6) is 0 Å². The van der Waals surface area contributed by atoms with Crippen LogP contribution >= 0.6 is 31.9 Å². The molecule has 1 aliphatic heterocycles. The Kier molecular flexibility index (Phi) is 3.56. The first-order chi connectivity index (χ1) is 7.48. The summed E-state index contributed by atoms with van der Waals surface area (Å²) in [7, 11) is -2.84. The lowest BCUT2D eigenvalue weighted by molar-refractivity contribution is 0.586. The summed E-state index contributed by atoms with van der Waals surface area (Å²) in [6.07, 6.45) is 1.71. The number of sulfone groups is 1. The monoisotopic (exact) mass is 368 g/mol. The zero-order valence-corrected chi connectivity index (χ0v) is 12.3.